The Morgan fingerprint density at radius 1 is 1.28 bits per heavy atom. The molecule has 102 valence electrons. The maximum atomic E-state index is 12.2. The molecule has 1 aliphatic heterocycles. The molecular weight excluding hydrogens is 228 g/mol. The van der Waals surface area contributed by atoms with Gasteiger partial charge in [-0.15, -0.1) is 0 Å². The number of amides is 2. The number of imide groups is 1. The first-order valence-electron chi connectivity index (χ1n) is 7.18. The molecule has 4 heteroatoms. The molecule has 2 aliphatic rings. The van der Waals surface area contributed by atoms with Crippen LogP contribution in [-0.4, -0.2) is 34.8 Å². The standard InChI is InChI=1S/C14H24N2O2/c1-3-9-16-12(17)10-11(13(16)18)15-14(2)7-5-4-6-8-14/h11,15H,3-10H2,1-2H3. The van der Waals surface area contributed by atoms with Gasteiger partial charge in [0.1, 0.15) is 0 Å². The molecule has 2 amide bonds. The van der Waals surface area contributed by atoms with Crippen molar-refractivity contribution in [3.63, 3.8) is 0 Å². The second-order valence-electron chi connectivity index (χ2n) is 5.91. The molecule has 2 rings (SSSR count). The molecule has 4 nitrogen and oxygen atoms in total. The van der Waals surface area contributed by atoms with Gasteiger partial charge >= 0.3 is 0 Å². The first kappa shape index (κ1) is 13.5. The first-order chi connectivity index (χ1) is 8.56. The second kappa shape index (κ2) is 5.39. The summed E-state index contributed by atoms with van der Waals surface area (Å²) in [6.45, 7) is 4.74. The summed E-state index contributed by atoms with van der Waals surface area (Å²) in [5.74, 6) is -0.0348. The Morgan fingerprint density at radius 2 is 1.94 bits per heavy atom. The van der Waals surface area contributed by atoms with E-state index in [4.69, 9.17) is 0 Å². The summed E-state index contributed by atoms with van der Waals surface area (Å²) in [5.41, 5.74) is 0.0427. The smallest absolute Gasteiger partial charge is 0.246 e. The Kier molecular flexibility index (Phi) is 4.05. The largest absolute Gasteiger partial charge is 0.300 e. The van der Waals surface area contributed by atoms with Gasteiger partial charge in [-0.3, -0.25) is 14.5 Å². The van der Waals surface area contributed by atoms with Gasteiger partial charge in [0.15, 0.2) is 0 Å². The maximum absolute atomic E-state index is 12.2. The summed E-state index contributed by atoms with van der Waals surface area (Å²) in [4.78, 5) is 25.4. The van der Waals surface area contributed by atoms with Crippen molar-refractivity contribution in [3.8, 4) is 0 Å². The zero-order chi connectivity index (χ0) is 13.2. The Hall–Kier alpha value is -0.900. The highest BCUT2D eigenvalue weighted by atomic mass is 16.2. The van der Waals surface area contributed by atoms with E-state index in [-0.39, 0.29) is 23.4 Å². The van der Waals surface area contributed by atoms with E-state index in [1.165, 1.54) is 24.2 Å². The molecular formula is C14H24N2O2. The number of hydrogen-bond donors (Lipinski definition) is 1. The van der Waals surface area contributed by atoms with Gasteiger partial charge in [0.25, 0.3) is 0 Å². The lowest BCUT2D eigenvalue weighted by atomic mass is 9.82. The van der Waals surface area contributed by atoms with Crippen LogP contribution >= 0.6 is 0 Å². The number of nitrogens with zero attached hydrogens (tertiary/aromatic N) is 1. The third-order valence-corrected chi connectivity index (χ3v) is 4.17. The number of nitrogens with one attached hydrogen (secondary N) is 1. The monoisotopic (exact) mass is 252 g/mol. The Balaban J connectivity index is 1.98. The van der Waals surface area contributed by atoms with Gasteiger partial charge in [-0.2, -0.15) is 0 Å². The number of hydrogen-bond acceptors (Lipinski definition) is 3. The van der Waals surface area contributed by atoms with Crippen LogP contribution in [0.2, 0.25) is 0 Å². The maximum Gasteiger partial charge on any atom is 0.246 e. The molecule has 0 aromatic rings. The van der Waals surface area contributed by atoms with Gasteiger partial charge in [-0.05, 0) is 26.2 Å². The quantitative estimate of drug-likeness (QED) is 0.777. The number of carbonyl (C=O) groups excluding carboxylic acids is 2. The summed E-state index contributed by atoms with van der Waals surface area (Å²) in [6.07, 6.45) is 7.12. The molecule has 1 heterocycles. The number of carbonyl (C=O) groups is 2. The summed E-state index contributed by atoms with van der Waals surface area (Å²) < 4.78 is 0. The van der Waals surface area contributed by atoms with Gasteiger partial charge < -0.3 is 5.32 Å². The van der Waals surface area contributed by atoms with Crippen molar-refractivity contribution < 1.29 is 9.59 Å². The van der Waals surface area contributed by atoms with Crippen molar-refractivity contribution >= 4 is 11.8 Å². The number of rotatable bonds is 4. The fourth-order valence-electron chi connectivity index (χ4n) is 3.15. The van der Waals surface area contributed by atoms with Crippen molar-refractivity contribution in [1.29, 1.82) is 0 Å². The highest BCUT2D eigenvalue weighted by Gasteiger charge is 2.41. The molecule has 0 radical (unpaired) electrons. The van der Waals surface area contributed by atoms with E-state index in [2.05, 4.69) is 12.2 Å². The number of likely N-dealkylation sites (tertiary alicyclic amines) is 1. The lowest BCUT2D eigenvalue weighted by molar-refractivity contribution is -0.139. The van der Waals surface area contributed by atoms with Crippen LogP contribution in [0.15, 0.2) is 0 Å². The van der Waals surface area contributed by atoms with Gasteiger partial charge in [-0.1, -0.05) is 26.2 Å². The molecule has 1 atom stereocenters. The van der Waals surface area contributed by atoms with Crippen LogP contribution in [0.3, 0.4) is 0 Å². The Labute approximate surface area is 109 Å². The van der Waals surface area contributed by atoms with E-state index in [0.717, 1.165) is 19.3 Å². The normalized spacial score (nSPS) is 27.9. The van der Waals surface area contributed by atoms with E-state index in [9.17, 15) is 9.59 Å². The molecule has 0 aromatic heterocycles. The predicted octanol–water partition coefficient (Wildman–Crippen LogP) is 1.84. The summed E-state index contributed by atoms with van der Waals surface area (Å²) in [5, 5.41) is 3.45. The van der Waals surface area contributed by atoms with Gasteiger partial charge in [0.2, 0.25) is 11.8 Å². The Bertz CT molecular complexity index is 335. The zero-order valence-corrected chi connectivity index (χ0v) is 11.5. The van der Waals surface area contributed by atoms with E-state index >= 15 is 0 Å². The highest BCUT2D eigenvalue weighted by molar-refractivity contribution is 6.05. The highest BCUT2D eigenvalue weighted by Crippen LogP contribution is 2.29. The molecule has 1 saturated heterocycles. The van der Waals surface area contributed by atoms with Crippen molar-refractivity contribution in [2.45, 2.75) is 70.4 Å². The van der Waals surface area contributed by atoms with Crippen LogP contribution in [0.4, 0.5) is 0 Å². The predicted molar refractivity (Wildman–Crippen MR) is 70.0 cm³/mol. The van der Waals surface area contributed by atoms with Crippen LogP contribution in [0.5, 0.6) is 0 Å². The molecule has 1 aliphatic carbocycles. The molecule has 1 saturated carbocycles. The SMILES string of the molecule is CCCN1C(=O)CC(NC2(C)CCCCC2)C1=O. The third kappa shape index (κ3) is 2.74. The summed E-state index contributed by atoms with van der Waals surface area (Å²) >= 11 is 0. The average Bonchev–Trinajstić information content (AvgIpc) is 2.58. The second-order valence-corrected chi connectivity index (χ2v) is 5.91. The minimum absolute atomic E-state index is 0.0150. The third-order valence-electron chi connectivity index (χ3n) is 4.17. The molecule has 0 spiro atoms. The minimum atomic E-state index is -0.285. The Morgan fingerprint density at radius 3 is 2.56 bits per heavy atom. The van der Waals surface area contributed by atoms with Crippen molar-refractivity contribution in [3.05, 3.63) is 0 Å². The van der Waals surface area contributed by atoms with Crippen LogP contribution in [0.1, 0.15) is 58.8 Å². The lowest BCUT2D eigenvalue weighted by Crippen LogP contribution is -2.52. The fraction of sp³-hybridized carbons (Fsp3) is 0.857. The summed E-state index contributed by atoms with van der Waals surface area (Å²) in [6, 6.07) is -0.285. The molecule has 1 unspecified atom stereocenters. The molecule has 0 aromatic carbocycles. The van der Waals surface area contributed by atoms with Gasteiger partial charge in [0, 0.05) is 12.1 Å². The zero-order valence-electron chi connectivity index (χ0n) is 11.5. The molecule has 0 bridgehead atoms. The fourth-order valence-corrected chi connectivity index (χ4v) is 3.15. The van der Waals surface area contributed by atoms with E-state index in [1.807, 2.05) is 6.92 Å². The van der Waals surface area contributed by atoms with Crippen LogP contribution in [0, 0.1) is 0 Å². The van der Waals surface area contributed by atoms with Crippen LogP contribution in [-0.2, 0) is 9.59 Å². The average molecular weight is 252 g/mol. The van der Waals surface area contributed by atoms with E-state index in [1.54, 1.807) is 0 Å². The summed E-state index contributed by atoms with van der Waals surface area (Å²) in [7, 11) is 0. The minimum Gasteiger partial charge on any atom is -0.300 e. The lowest BCUT2D eigenvalue weighted by Gasteiger charge is -2.36. The van der Waals surface area contributed by atoms with Crippen LogP contribution in [0.25, 0.3) is 0 Å². The van der Waals surface area contributed by atoms with E-state index < -0.39 is 0 Å². The van der Waals surface area contributed by atoms with Gasteiger partial charge in [-0.25, -0.2) is 0 Å². The van der Waals surface area contributed by atoms with Crippen molar-refractivity contribution in [2.75, 3.05) is 6.54 Å². The molecule has 1 N–H and O–H groups in total. The molecule has 2 fully saturated rings. The van der Waals surface area contributed by atoms with Crippen molar-refractivity contribution in [2.24, 2.45) is 0 Å². The van der Waals surface area contributed by atoms with Gasteiger partial charge in [0.05, 0.1) is 12.5 Å². The van der Waals surface area contributed by atoms with E-state index in [0.29, 0.717) is 13.0 Å². The first-order valence-corrected chi connectivity index (χ1v) is 7.18. The molecule has 18 heavy (non-hydrogen) atoms. The topological polar surface area (TPSA) is 49.4 Å². The van der Waals surface area contributed by atoms with Crippen molar-refractivity contribution in [1.82, 2.24) is 10.2 Å². The van der Waals surface area contributed by atoms with Crippen LogP contribution < -0.4 is 5.32 Å².